The van der Waals surface area contributed by atoms with E-state index in [2.05, 4.69) is 31.2 Å². The minimum atomic E-state index is -0.283. The maximum Gasteiger partial charge on any atom is 0.338 e. The second kappa shape index (κ2) is 8.89. The molecule has 0 spiro atoms. The number of nitrogens with one attached hydrogen (secondary N) is 1. The molecule has 2 atom stereocenters. The Hall–Kier alpha value is -2.19. The molecule has 0 radical (unpaired) electrons. The van der Waals surface area contributed by atoms with Gasteiger partial charge in [-0.1, -0.05) is 12.1 Å². The third-order valence-corrected chi connectivity index (χ3v) is 6.64. The standard InChI is InChI=1S/C22H27BrN4O3/c1-3-30-22(29)15-6-4-14(5-7-15)16-10-17(13-27(12-16)18-8-9-18)25-19-11-24-26(2)21(28)20(19)23/h4-7,11,16-18,25H,3,8-10,12-13H2,1-2H3/t16-,17+/m0/s1. The molecule has 160 valence electrons. The van der Waals surface area contributed by atoms with Crippen molar-refractivity contribution in [3.05, 3.63) is 56.4 Å². The van der Waals surface area contributed by atoms with Crippen molar-refractivity contribution < 1.29 is 9.53 Å². The normalized spacial score (nSPS) is 22.0. The van der Waals surface area contributed by atoms with Crippen LogP contribution in [0.3, 0.4) is 0 Å². The fraction of sp³-hybridized carbons (Fsp3) is 0.500. The number of rotatable bonds is 6. The van der Waals surface area contributed by atoms with Gasteiger partial charge in [-0.3, -0.25) is 9.69 Å². The average Bonchev–Trinajstić information content (AvgIpc) is 3.60. The minimum absolute atomic E-state index is 0.152. The van der Waals surface area contributed by atoms with Crippen LogP contribution in [0.5, 0.6) is 0 Å². The van der Waals surface area contributed by atoms with Crippen LogP contribution in [-0.4, -0.2) is 52.4 Å². The van der Waals surface area contributed by atoms with E-state index in [1.54, 1.807) is 13.2 Å². The molecule has 2 heterocycles. The number of carbonyl (C=O) groups excluding carboxylic acids is 1. The highest BCUT2D eigenvalue weighted by atomic mass is 79.9. The second-order valence-corrected chi connectivity index (χ2v) is 8.90. The molecule has 1 aliphatic carbocycles. The van der Waals surface area contributed by atoms with Gasteiger partial charge in [-0.05, 0) is 65.7 Å². The summed E-state index contributed by atoms with van der Waals surface area (Å²) in [6.07, 6.45) is 5.14. The van der Waals surface area contributed by atoms with E-state index in [1.165, 1.54) is 23.1 Å². The Labute approximate surface area is 184 Å². The summed E-state index contributed by atoms with van der Waals surface area (Å²) in [6.45, 7) is 4.14. The molecular weight excluding hydrogens is 448 g/mol. The predicted octanol–water partition coefficient (Wildman–Crippen LogP) is 3.15. The Balaban J connectivity index is 1.52. The van der Waals surface area contributed by atoms with Gasteiger partial charge in [0.1, 0.15) is 4.47 Å². The van der Waals surface area contributed by atoms with Gasteiger partial charge in [-0.15, -0.1) is 0 Å². The number of benzene rings is 1. The first kappa shape index (κ1) is 21.1. The smallest absolute Gasteiger partial charge is 0.338 e. The minimum Gasteiger partial charge on any atom is -0.462 e. The van der Waals surface area contributed by atoms with Crippen molar-refractivity contribution in [1.82, 2.24) is 14.7 Å². The Kier molecular flexibility index (Phi) is 6.24. The molecule has 0 bridgehead atoms. The van der Waals surface area contributed by atoms with E-state index in [4.69, 9.17) is 4.74 Å². The van der Waals surface area contributed by atoms with Crippen LogP contribution in [0.2, 0.25) is 0 Å². The summed E-state index contributed by atoms with van der Waals surface area (Å²) < 4.78 is 6.92. The summed E-state index contributed by atoms with van der Waals surface area (Å²) in [5.74, 6) is 0.0706. The van der Waals surface area contributed by atoms with E-state index in [0.717, 1.165) is 25.2 Å². The lowest BCUT2D eigenvalue weighted by molar-refractivity contribution is 0.0526. The topological polar surface area (TPSA) is 76.5 Å². The Morgan fingerprint density at radius 3 is 2.67 bits per heavy atom. The van der Waals surface area contributed by atoms with E-state index in [1.807, 2.05) is 31.2 Å². The SMILES string of the molecule is CCOC(=O)c1ccc([C@H]2C[C@@H](Nc3cnn(C)c(=O)c3Br)CN(C3CC3)C2)cc1. The summed E-state index contributed by atoms with van der Waals surface area (Å²) in [6, 6.07) is 8.65. The molecule has 2 fully saturated rings. The number of piperidine rings is 1. The van der Waals surface area contributed by atoms with Crippen LogP contribution in [-0.2, 0) is 11.8 Å². The second-order valence-electron chi connectivity index (χ2n) is 8.10. The zero-order chi connectivity index (χ0) is 21.3. The number of halogens is 1. The zero-order valence-electron chi connectivity index (χ0n) is 17.3. The van der Waals surface area contributed by atoms with Gasteiger partial charge >= 0.3 is 5.97 Å². The van der Waals surface area contributed by atoms with Crippen molar-refractivity contribution >= 4 is 27.6 Å². The van der Waals surface area contributed by atoms with Gasteiger partial charge in [-0.25, -0.2) is 9.48 Å². The maximum absolute atomic E-state index is 12.2. The highest BCUT2D eigenvalue weighted by molar-refractivity contribution is 9.10. The molecule has 8 heteroatoms. The lowest BCUT2D eigenvalue weighted by Gasteiger charge is -2.39. The molecule has 2 aromatic rings. The molecule has 0 unspecified atom stereocenters. The monoisotopic (exact) mass is 474 g/mol. The summed E-state index contributed by atoms with van der Waals surface area (Å²) in [5, 5.41) is 7.68. The molecule has 1 aromatic heterocycles. The number of nitrogens with zero attached hydrogens (tertiary/aromatic N) is 3. The number of carbonyl (C=O) groups is 1. The summed E-state index contributed by atoms with van der Waals surface area (Å²) in [7, 11) is 1.64. The van der Waals surface area contributed by atoms with Crippen LogP contribution in [0.1, 0.15) is 48.0 Å². The number of aromatic nitrogens is 2. The molecule has 7 nitrogen and oxygen atoms in total. The Morgan fingerprint density at radius 1 is 1.27 bits per heavy atom. The number of esters is 1. The van der Waals surface area contributed by atoms with Crippen molar-refractivity contribution in [2.24, 2.45) is 7.05 Å². The van der Waals surface area contributed by atoms with Gasteiger partial charge in [0.05, 0.1) is 24.1 Å². The summed E-state index contributed by atoms with van der Waals surface area (Å²) in [4.78, 5) is 26.7. The van der Waals surface area contributed by atoms with Gasteiger partial charge in [0.2, 0.25) is 0 Å². The van der Waals surface area contributed by atoms with Crippen molar-refractivity contribution in [3.8, 4) is 0 Å². The van der Waals surface area contributed by atoms with E-state index in [0.29, 0.717) is 28.6 Å². The van der Waals surface area contributed by atoms with Crippen molar-refractivity contribution in [2.75, 3.05) is 25.0 Å². The van der Waals surface area contributed by atoms with Crippen molar-refractivity contribution in [3.63, 3.8) is 0 Å². The molecule has 30 heavy (non-hydrogen) atoms. The van der Waals surface area contributed by atoms with Crippen LogP contribution >= 0.6 is 15.9 Å². The Bertz CT molecular complexity index is 971. The van der Waals surface area contributed by atoms with Crippen LogP contribution < -0.4 is 10.9 Å². The number of ether oxygens (including phenoxy) is 1. The average molecular weight is 475 g/mol. The number of anilines is 1. The molecule has 1 saturated carbocycles. The fourth-order valence-electron chi connectivity index (χ4n) is 4.15. The van der Waals surface area contributed by atoms with Gasteiger partial charge < -0.3 is 10.1 Å². The first-order chi connectivity index (χ1) is 14.5. The van der Waals surface area contributed by atoms with Crippen LogP contribution in [0.15, 0.2) is 39.7 Å². The number of aryl methyl sites for hydroxylation is 1. The zero-order valence-corrected chi connectivity index (χ0v) is 18.9. The third kappa shape index (κ3) is 4.59. The van der Waals surface area contributed by atoms with Crippen molar-refractivity contribution in [1.29, 1.82) is 0 Å². The van der Waals surface area contributed by atoms with Gasteiger partial charge in [0.15, 0.2) is 0 Å². The molecule has 1 aromatic carbocycles. The third-order valence-electron chi connectivity index (χ3n) is 5.87. The molecule has 1 N–H and O–H groups in total. The van der Waals surface area contributed by atoms with E-state index >= 15 is 0 Å². The maximum atomic E-state index is 12.2. The van der Waals surface area contributed by atoms with Gasteiger partial charge in [0, 0.05) is 32.2 Å². The lowest BCUT2D eigenvalue weighted by atomic mass is 9.87. The summed E-state index contributed by atoms with van der Waals surface area (Å²) >= 11 is 3.42. The van der Waals surface area contributed by atoms with Crippen LogP contribution in [0, 0.1) is 0 Å². The largest absolute Gasteiger partial charge is 0.462 e. The van der Waals surface area contributed by atoms with E-state index in [-0.39, 0.29) is 17.6 Å². The molecule has 4 rings (SSSR count). The van der Waals surface area contributed by atoms with Crippen LogP contribution in [0.25, 0.3) is 0 Å². The number of likely N-dealkylation sites (tertiary alicyclic amines) is 1. The molecule has 1 saturated heterocycles. The molecule has 2 aliphatic rings. The van der Waals surface area contributed by atoms with Crippen LogP contribution in [0.4, 0.5) is 5.69 Å². The molecular formula is C22H27BrN4O3. The first-order valence-corrected chi connectivity index (χ1v) is 11.2. The first-order valence-electron chi connectivity index (χ1n) is 10.5. The van der Waals surface area contributed by atoms with Crippen molar-refractivity contribution in [2.45, 2.75) is 44.2 Å². The molecule has 0 amide bonds. The van der Waals surface area contributed by atoms with E-state index < -0.39 is 0 Å². The Morgan fingerprint density at radius 2 is 2.00 bits per heavy atom. The highest BCUT2D eigenvalue weighted by Crippen LogP contribution is 2.36. The fourth-order valence-corrected chi connectivity index (χ4v) is 4.63. The summed E-state index contributed by atoms with van der Waals surface area (Å²) in [5.41, 5.74) is 2.39. The van der Waals surface area contributed by atoms with Gasteiger partial charge in [0.25, 0.3) is 5.56 Å². The lowest BCUT2D eigenvalue weighted by Crippen LogP contribution is -2.46. The number of hydrogen-bond donors (Lipinski definition) is 1. The number of hydrogen-bond acceptors (Lipinski definition) is 6. The highest BCUT2D eigenvalue weighted by Gasteiger charge is 2.36. The van der Waals surface area contributed by atoms with Gasteiger partial charge in [-0.2, -0.15) is 5.10 Å². The quantitative estimate of drug-likeness (QED) is 0.647. The molecule has 1 aliphatic heterocycles. The van der Waals surface area contributed by atoms with E-state index in [9.17, 15) is 9.59 Å². The predicted molar refractivity (Wildman–Crippen MR) is 119 cm³/mol.